The van der Waals surface area contributed by atoms with Crippen LogP contribution < -0.4 is 10.6 Å². The number of hydrogen-bond acceptors (Lipinski definition) is 3. The predicted molar refractivity (Wildman–Crippen MR) is 77.0 cm³/mol. The molecular formula is C15H25N3. The van der Waals surface area contributed by atoms with Gasteiger partial charge < -0.3 is 10.6 Å². The van der Waals surface area contributed by atoms with Gasteiger partial charge in [-0.15, -0.1) is 0 Å². The number of anilines is 1. The summed E-state index contributed by atoms with van der Waals surface area (Å²) in [6.45, 7) is 7.72. The molecule has 100 valence electrons. The maximum absolute atomic E-state index is 6.00. The number of rotatable bonds is 4. The molecule has 0 saturated carbocycles. The summed E-state index contributed by atoms with van der Waals surface area (Å²) in [5.74, 6) is 1.16. The van der Waals surface area contributed by atoms with Crippen LogP contribution in [0.1, 0.15) is 44.2 Å². The Labute approximate surface area is 110 Å². The molecule has 2 heterocycles. The maximum atomic E-state index is 6.00. The van der Waals surface area contributed by atoms with Crippen LogP contribution in [-0.4, -0.2) is 23.6 Å². The van der Waals surface area contributed by atoms with Crippen molar-refractivity contribution in [3.05, 3.63) is 23.4 Å². The van der Waals surface area contributed by atoms with E-state index < -0.39 is 0 Å². The second-order valence-electron chi connectivity index (χ2n) is 5.54. The van der Waals surface area contributed by atoms with Crippen molar-refractivity contribution in [1.29, 1.82) is 0 Å². The molecular weight excluding hydrogens is 222 g/mol. The number of pyridine rings is 1. The Morgan fingerprint density at radius 1 is 1.56 bits per heavy atom. The van der Waals surface area contributed by atoms with Gasteiger partial charge in [-0.05, 0) is 50.7 Å². The molecule has 1 saturated heterocycles. The minimum Gasteiger partial charge on any atom is -0.354 e. The molecule has 1 fully saturated rings. The van der Waals surface area contributed by atoms with Crippen LogP contribution in [0.15, 0.2) is 12.3 Å². The van der Waals surface area contributed by atoms with E-state index in [4.69, 9.17) is 5.73 Å². The van der Waals surface area contributed by atoms with Gasteiger partial charge in [0.2, 0.25) is 0 Å². The van der Waals surface area contributed by atoms with Crippen molar-refractivity contribution in [2.45, 2.75) is 58.5 Å². The summed E-state index contributed by atoms with van der Waals surface area (Å²) < 4.78 is 0. The van der Waals surface area contributed by atoms with Gasteiger partial charge >= 0.3 is 0 Å². The van der Waals surface area contributed by atoms with Gasteiger partial charge in [-0.1, -0.05) is 13.0 Å². The minimum absolute atomic E-state index is 0.253. The van der Waals surface area contributed by atoms with Gasteiger partial charge in [-0.2, -0.15) is 0 Å². The summed E-state index contributed by atoms with van der Waals surface area (Å²) in [7, 11) is 0. The Morgan fingerprint density at radius 3 is 2.89 bits per heavy atom. The minimum atomic E-state index is 0.253. The van der Waals surface area contributed by atoms with Gasteiger partial charge in [0.05, 0.1) is 0 Å². The topological polar surface area (TPSA) is 42.1 Å². The van der Waals surface area contributed by atoms with Gasteiger partial charge in [0.15, 0.2) is 0 Å². The lowest BCUT2D eigenvalue weighted by molar-refractivity contribution is 0.644. The van der Waals surface area contributed by atoms with Crippen LogP contribution in [-0.2, 0) is 6.42 Å². The zero-order valence-corrected chi connectivity index (χ0v) is 11.8. The molecule has 2 rings (SSSR count). The molecule has 3 nitrogen and oxygen atoms in total. The normalized spacial score (nSPS) is 21.3. The van der Waals surface area contributed by atoms with Crippen molar-refractivity contribution in [3.63, 3.8) is 0 Å². The summed E-state index contributed by atoms with van der Waals surface area (Å²) in [4.78, 5) is 7.10. The number of aryl methyl sites for hydroxylation is 1. The molecule has 1 aromatic heterocycles. The lowest BCUT2D eigenvalue weighted by atomic mass is 10.0. The molecule has 2 N–H and O–H groups in total. The smallest absolute Gasteiger partial charge is 0.131 e. The fourth-order valence-electron chi connectivity index (χ4n) is 2.73. The zero-order chi connectivity index (χ0) is 13.1. The summed E-state index contributed by atoms with van der Waals surface area (Å²) >= 11 is 0. The van der Waals surface area contributed by atoms with E-state index in [1.807, 2.05) is 6.20 Å². The molecule has 18 heavy (non-hydrogen) atoms. The molecule has 3 heteroatoms. The summed E-state index contributed by atoms with van der Waals surface area (Å²) in [6, 6.07) is 3.13. The average Bonchev–Trinajstić information content (AvgIpc) is 2.75. The van der Waals surface area contributed by atoms with Crippen LogP contribution in [0.25, 0.3) is 0 Å². The lowest BCUT2D eigenvalue weighted by Crippen LogP contribution is -2.28. The van der Waals surface area contributed by atoms with Gasteiger partial charge in [-0.3, -0.25) is 0 Å². The molecule has 1 aliphatic heterocycles. The second-order valence-corrected chi connectivity index (χ2v) is 5.54. The first-order chi connectivity index (χ1) is 8.61. The fraction of sp³-hybridized carbons (Fsp3) is 0.667. The number of nitrogens with two attached hydrogens (primary N) is 1. The fourth-order valence-corrected chi connectivity index (χ4v) is 2.73. The van der Waals surface area contributed by atoms with Crippen molar-refractivity contribution in [1.82, 2.24) is 4.98 Å². The van der Waals surface area contributed by atoms with Crippen molar-refractivity contribution < 1.29 is 0 Å². The van der Waals surface area contributed by atoms with Crippen LogP contribution in [0.4, 0.5) is 5.82 Å². The van der Waals surface area contributed by atoms with Crippen LogP contribution in [0.3, 0.4) is 0 Å². The van der Waals surface area contributed by atoms with Crippen molar-refractivity contribution in [3.8, 4) is 0 Å². The summed E-state index contributed by atoms with van der Waals surface area (Å²) in [5.41, 5.74) is 8.54. The first-order valence-electron chi connectivity index (χ1n) is 7.09. The molecule has 1 aliphatic rings. The van der Waals surface area contributed by atoms with Crippen LogP contribution in [0, 0.1) is 6.92 Å². The van der Waals surface area contributed by atoms with E-state index in [0.717, 1.165) is 25.2 Å². The molecule has 0 spiro atoms. The van der Waals surface area contributed by atoms with Gasteiger partial charge in [0, 0.05) is 24.8 Å². The maximum Gasteiger partial charge on any atom is 0.131 e. The molecule has 2 unspecified atom stereocenters. The van der Waals surface area contributed by atoms with E-state index in [0.29, 0.717) is 6.04 Å². The third-order valence-electron chi connectivity index (χ3n) is 3.95. The van der Waals surface area contributed by atoms with E-state index in [1.54, 1.807) is 0 Å². The van der Waals surface area contributed by atoms with Crippen LogP contribution in [0.5, 0.6) is 0 Å². The lowest BCUT2D eigenvalue weighted by Gasteiger charge is -2.24. The highest BCUT2D eigenvalue weighted by Gasteiger charge is 2.22. The Hall–Kier alpha value is -1.09. The molecule has 0 aromatic carbocycles. The van der Waals surface area contributed by atoms with E-state index in [2.05, 4.69) is 36.7 Å². The van der Waals surface area contributed by atoms with Crippen molar-refractivity contribution >= 4 is 5.82 Å². The standard InChI is InChI=1S/C15H25N3/c1-4-14(16)9-13-8-11(2)15(17-10-13)18-7-5-6-12(18)3/h8,10,12,14H,4-7,9,16H2,1-3H3. The SMILES string of the molecule is CCC(N)Cc1cnc(N2CCCC2C)c(C)c1. The Morgan fingerprint density at radius 2 is 2.33 bits per heavy atom. The highest BCUT2D eigenvalue weighted by molar-refractivity contribution is 5.49. The molecule has 1 aromatic rings. The monoisotopic (exact) mass is 247 g/mol. The second kappa shape index (κ2) is 5.70. The third-order valence-corrected chi connectivity index (χ3v) is 3.95. The van der Waals surface area contributed by atoms with E-state index in [-0.39, 0.29) is 6.04 Å². The first-order valence-corrected chi connectivity index (χ1v) is 7.09. The molecule has 0 radical (unpaired) electrons. The Bertz CT molecular complexity index is 403. The Balaban J connectivity index is 2.14. The highest BCUT2D eigenvalue weighted by Crippen LogP contribution is 2.26. The highest BCUT2D eigenvalue weighted by atomic mass is 15.2. The number of aromatic nitrogens is 1. The van der Waals surface area contributed by atoms with E-state index in [9.17, 15) is 0 Å². The summed E-state index contributed by atoms with van der Waals surface area (Å²) in [6.07, 6.45) is 6.52. The zero-order valence-electron chi connectivity index (χ0n) is 11.8. The number of nitrogens with zero attached hydrogens (tertiary/aromatic N) is 2. The molecule has 0 bridgehead atoms. The van der Waals surface area contributed by atoms with E-state index >= 15 is 0 Å². The predicted octanol–water partition coefficient (Wildman–Crippen LogP) is 2.66. The average molecular weight is 247 g/mol. The quantitative estimate of drug-likeness (QED) is 0.889. The van der Waals surface area contributed by atoms with Crippen LogP contribution in [0.2, 0.25) is 0 Å². The van der Waals surface area contributed by atoms with Crippen LogP contribution >= 0.6 is 0 Å². The molecule has 0 aliphatic carbocycles. The van der Waals surface area contributed by atoms with Gasteiger partial charge in [0.25, 0.3) is 0 Å². The third kappa shape index (κ3) is 2.83. The largest absolute Gasteiger partial charge is 0.354 e. The van der Waals surface area contributed by atoms with E-state index in [1.165, 1.54) is 24.0 Å². The Kier molecular flexibility index (Phi) is 4.23. The first kappa shape index (κ1) is 13.3. The van der Waals surface area contributed by atoms with Gasteiger partial charge in [0.1, 0.15) is 5.82 Å². The summed E-state index contributed by atoms with van der Waals surface area (Å²) in [5, 5.41) is 0. The van der Waals surface area contributed by atoms with Crippen molar-refractivity contribution in [2.24, 2.45) is 5.73 Å². The van der Waals surface area contributed by atoms with Crippen molar-refractivity contribution in [2.75, 3.05) is 11.4 Å². The molecule has 2 atom stereocenters. The van der Waals surface area contributed by atoms with Gasteiger partial charge in [-0.25, -0.2) is 4.98 Å². The number of hydrogen-bond donors (Lipinski definition) is 1. The molecule has 0 amide bonds.